The van der Waals surface area contributed by atoms with Crippen LogP contribution in [0, 0.1) is 5.82 Å². The van der Waals surface area contributed by atoms with Crippen LogP contribution >= 0.6 is 0 Å². The summed E-state index contributed by atoms with van der Waals surface area (Å²) < 4.78 is 20.2. The molecule has 10 heteroatoms. The van der Waals surface area contributed by atoms with Gasteiger partial charge in [-0.1, -0.05) is 0 Å². The molecule has 1 aromatic carbocycles. The van der Waals surface area contributed by atoms with Crippen molar-refractivity contribution in [2.45, 2.75) is 18.9 Å². The number of nitrogens with one attached hydrogen (secondary N) is 2. The van der Waals surface area contributed by atoms with Crippen molar-refractivity contribution in [1.82, 2.24) is 30.4 Å². The van der Waals surface area contributed by atoms with Crippen LogP contribution in [0.3, 0.4) is 0 Å². The number of hydrogen-bond acceptors (Lipinski definition) is 6. The molecule has 3 aromatic rings. The molecule has 1 aliphatic heterocycles. The van der Waals surface area contributed by atoms with Gasteiger partial charge >= 0.3 is 0 Å². The van der Waals surface area contributed by atoms with Crippen LogP contribution in [0.5, 0.6) is 5.88 Å². The Morgan fingerprint density at radius 2 is 2.07 bits per heavy atom. The van der Waals surface area contributed by atoms with Gasteiger partial charge in [-0.05, 0) is 36.8 Å². The fourth-order valence-electron chi connectivity index (χ4n) is 2.89. The maximum atomic E-state index is 13.1. The second kappa shape index (κ2) is 7.59. The van der Waals surface area contributed by atoms with Crippen LogP contribution in [0.1, 0.15) is 12.8 Å². The van der Waals surface area contributed by atoms with Crippen molar-refractivity contribution < 1.29 is 18.7 Å². The zero-order valence-electron chi connectivity index (χ0n) is 14.8. The van der Waals surface area contributed by atoms with Crippen LogP contribution in [0.25, 0.3) is 17.0 Å². The number of amides is 2. The number of benzene rings is 1. The summed E-state index contributed by atoms with van der Waals surface area (Å²) in [4.78, 5) is 23.1. The van der Waals surface area contributed by atoms with E-state index in [-0.39, 0.29) is 30.8 Å². The Balaban J connectivity index is 1.38. The van der Waals surface area contributed by atoms with Crippen LogP contribution in [-0.4, -0.2) is 50.8 Å². The Morgan fingerprint density at radius 3 is 2.82 bits per heavy atom. The largest absolute Gasteiger partial charge is 0.475 e. The molecule has 4 rings (SSSR count). The lowest BCUT2D eigenvalue weighted by Gasteiger charge is -2.11. The molecule has 0 spiro atoms. The SMILES string of the molecule is O=C1CCC(C(=O)NCCOc2ccc3nnc(-c4ccc(F)cc4)n3n2)N1. The highest BCUT2D eigenvalue weighted by atomic mass is 19.1. The molecule has 2 aromatic heterocycles. The Morgan fingerprint density at radius 1 is 1.25 bits per heavy atom. The van der Waals surface area contributed by atoms with Crippen molar-refractivity contribution in [2.24, 2.45) is 0 Å². The van der Waals surface area contributed by atoms with Crippen molar-refractivity contribution in [3.63, 3.8) is 0 Å². The third-order valence-electron chi connectivity index (χ3n) is 4.30. The molecule has 144 valence electrons. The molecule has 1 unspecified atom stereocenters. The van der Waals surface area contributed by atoms with Gasteiger partial charge in [0.05, 0.1) is 6.54 Å². The first-order valence-electron chi connectivity index (χ1n) is 8.78. The standard InChI is InChI=1S/C18H17FN6O3/c19-12-3-1-11(2-4-12)17-23-22-14-6-8-16(24-25(14)17)28-10-9-20-18(27)13-5-7-15(26)21-13/h1-4,6,8,13H,5,7,9-10H2,(H,20,27)(H,21,26). The van der Waals surface area contributed by atoms with E-state index in [2.05, 4.69) is 25.9 Å². The highest BCUT2D eigenvalue weighted by Gasteiger charge is 2.26. The summed E-state index contributed by atoms with van der Waals surface area (Å²) in [6.45, 7) is 0.483. The normalized spacial score (nSPS) is 16.2. The van der Waals surface area contributed by atoms with Crippen molar-refractivity contribution in [1.29, 1.82) is 0 Å². The molecule has 1 atom stereocenters. The molecule has 1 fully saturated rings. The Labute approximate surface area is 158 Å². The van der Waals surface area contributed by atoms with Crippen LogP contribution in [-0.2, 0) is 9.59 Å². The lowest BCUT2D eigenvalue weighted by atomic mass is 10.2. The predicted molar refractivity (Wildman–Crippen MR) is 95.8 cm³/mol. The van der Waals surface area contributed by atoms with E-state index in [1.165, 1.54) is 16.6 Å². The van der Waals surface area contributed by atoms with Gasteiger partial charge in [0.25, 0.3) is 0 Å². The summed E-state index contributed by atoms with van der Waals surface area (Å²) in [5, 5.41) is 17.8. The first kappa shape index (κ1) is 17.8. The van der Waals surface area contributed by atoms with Crippen molar-refractivity contribution in [2.75, 3.05) is 13.2 Å². The summed E-state index contributed by atoms with van der Waals surface area (Å²) in [5.41, 5.74) is 1.20. The minimum absolute atomic E-state index is 0.111. The van der Waals surface area contributed by atoms with Crippen molar-refractivity contribution in [3.05, 3.63) is 42.2 Å². The van der Waals surface area contributed by atoms with E-state index < -0.39 is 6.04 Å². The van der Waals surface area contributed by atoms with E-state index in [0.717, 1.165) is 0 Å². The van der Waals surface area contributed by atoms with Gasteiger partial charge in [0, 0.05) is 18.1 Å². The molecule has 1 aliphatic rings. The number of halogens is 1. The molecule has 0 saturated carbocycles. The van der Waals surface area contributed by atoms with Crippen LogP contribution in [0.4, 0.5) is 4.39 Å². The highest BCUT2D eigenvalue weighted by Crippen LogP contribution is 2.19. The van der Waals surface area contributed by atoms with Crippen LogP contribution in [0.2, 0.25) is 0 Å². The van der Waals surface area contributed by atoms with Gasteiger partial charge < -0.3 is 15.4 Å². The van der Waals surface area contributed by atoms with Crippen LogP contribution < -0.4 is 15.4 Å². The van der Waals surface area contributed by atoms with Gasteiger partial charge in [0.15, 0.2) is 11.5 Å². The highest BCUT2D eigenvalue weighted by molar-refractivity contribution is 5.90. The number of nitrogens with zero attached hydrogens (tertiary/aromatic N) is 4. The third-order valence-corrected chi connectivity index (χ3v) is 4.30. The molecule has 28 heavy (non-hydrogen) atoms. The van der Waals surface area contributed by atoms with E-state index in [9.17, 15) is 14.0 Å². The second-order valence-corrected chi connectivity index (χ2v) is 6.27. The number of carbonyl (C=O) groups is 2. The van der Waals surface area contributed by atoms with Gasteiger partial charge in [-0.15, -0.1) is 15.3 Å². The topological polar surface area (TPSA) is 111 Å². The molecule has 0 radical (unpaired) electrons. The molecule has 2 N–H and O–H groups in total. The average molecular weight is 384 g/mol. The van der Waals surface area contributed by atoms with E-state index in [4.69, 9.17) is 4.74 Å². The van der Waals surface area contributed by atoms with Gasteiger partial charge in [-0.25, -0.2) is 4.39 Å². The van der Waals surface area contributed by atoms with E-state index in [1.54, 1.807) is 24.3 Å². The summed E-state index contributed by atoms with van der Waals surface area (Å²) in [7, 11) is 0. The molecule has 9 nitrogen and oxygen atoms in total. The van der Waals surface area contributed by atoms with Gasteiger partial charge in [-0.3, -0.25) is 9.59 Å². The predicted octanol–water partition coefficient (Wildman–Crippen LogP) is 0.704. The Kier molecular flexibility index (Phi) is 4.83. The number of aromatic nitrogens is 4. The summed E-state index contributed by atoms with van der Waals surface area (Å²) in [5.74, 6) is 0.119. The average Bonchev–Trinajstić information content (AvgIpc) is 3.32. The van der Waals surface area contributed by atoms with Gasteiger partial charge in [0.2, 0.25) is 17.7 Å². The lowest BCUT2D eigenvalue weighted by molar-refractivity contribution is -0.125. The first-order chi connectivity index (χ1) is 13.6. The quantitative estimate of drug-likeness (QED) is 0.606. The number of fused-ring (bicyclic) bond motifs is 1. The van der Waals surface area contributed by atoms with E-state index >= 15 is 0 Å². The van der Waals surface area contributed by atoms with E-state index in [1.807, 2.05) is 0 Å². The number of rotatable bonds is 6. The van der Waals surface area contributed by atoms with Crippen molar-refractivity contribution >= 4 is 17.5 Å². The van der Waals surface area contributed by atoms with Gasteiger partial charge in [-0.2, -0.15) is 4.52 Å². The van der Waals surface area contributed by atoms with Crippen LogP contribution in [0.15, 0.2) is 36.4 Å². The van der Waals surface area contributed by atoms with E-state index in [0.29, 0.717) is 35.8 Å². The third kappa shape index (κ3) is 3.75. The smallest absolute Gasteiger partial charge is 0.242 e. The zero-order chi connectivity index (χ0) is 19.5. The maximum Gasteiger partial charge on any atom is 0.242 e. The number of ether oxygens (including phenoxy) is 1. The summed E-state index contributed by atoms with van der Waals surface area (Å²) in [6.07, 6.45) is 0.872. The second-order valence-electron chi connectivity index (χ2n) is 6.27. The van der Waals surface area contributed by atoms with Crippen molar-refractivity contribution in [3.8, 4) is 17.3 Å². The molecule has 3 heterocycles. The molecular formula is C18H17FN6O3. The zero-order valence-corrected chi connectivity index (χ0v) is 14.8. The molecule has 1 saturated heterocycles. The number of hydrogen-bond donors (Lipinski definition) is 2. The van der Waals surface area contributed by atoms with Gasteiger partial charge in [0.1, 0.15) is 18.5 Å². The summed E-state index contributed by atoms with van der Waals surface area (Å²) in [6, 6.07) is 8.75. The molecule has 0 bridgehead atoms. The molecular weight excluding hydrogens is 367 g/mol. The minimum atomic E-state index is -0.475. The monoisotopic (exact) mass is 384 g/mol. The Hall–Kier alpha value is -3.56. The fourth-order valence-corrected chi connectivity index (χ4v) is 2.89. The molecule has 2 amide bonds. The Bertz CT molecular complexity index is 1020. The minimum Gasteiger partial charge on any atom is -0.475 e. The first-order valence-corrected chi connectivity index (χ1v) is 8.78. The fraction of sp³-hybridized carbons (Fsp3) is 0.278. The maximum absolute atomic E-state index is 13.1. The lowest BCUT2D eigenvalue weighted by Crippen LogP contribution is -2.42. The summed E-state index contributed by atoms with van der Waals surface area (Å²) >= 11 is 0. The molecule has 0 aliphatic carbocycles. The number of carbonyl (C=O) groups excluding carboxylic acids is 2.